The largest absolute Gasteiger partial charge is 0.310 e. The van der Waals surface area contributed by atoms with Crippen molar-refractivity contribution in [2.24, 2.45) is 29.6 Å². The van der Waals surface area contributed by atoms with Crippen LogP contribution in [-0.4, -0.2) is 6.54 Å². The Bertz CT molecular complexity index is 510. The van der Waals surface area contributed by atoms with Gasteiger partial charge in [0, 0.05) is 11.6 Å². The van der Waals surface area contributed by atoms with Crippen molar-refractivity contribution in [3.63, 3.8) is 0 Å². The molecule has 108 valence electrons. The zero-order valence-corrected chi connectivity index (χ0v) is 12.4. The Morgan fingerprint density at radius 2 is 1.95 bits per heavy atom. The first-order valence-corrected chi connectivity index (χ1v) is 8.20. The van der Waals surface area contributed by atoms with Crippen molar-refractivity contribution in [3.8, 4) is 0 Å². The van der Waals surface area contributed by atoms with Gasteiger partial charge in [0.15, 0.2) is 0 Å². The van der Waals surface area contributed by atoms with E-state index in [-0.39, 0.29) is 11.9 Å². The maximum atomic E-state index is 14.3. The van der Waals surface area contributed by atoms with Gasteiger partial charge in [-0.25, -0.2) is 4.39 Å². The highest BCUT2D eigenvalue weighted by atomic mass is 19.1. The number of hydrogen-bond donors (Lipinski definition) is 1. The Labute approximate surface area is 121 Å². The van der Waals surface area contributed by atoms with Crippen LogP contribution in [0.25, 0.3) is 0 Å². The second-order valence-electron chi connectivity index (χ2n) is 7.13. The van der Waals surface area contributed by atoms with Crippen molar-refractivity contribution in [1.29, 1.82) is 0 Å². The molecule has 0 heterocycles. The summed E-state index contributed by atoms with van der Waals surface area (Å²) in [6.07, 6.45) is 4.32. The second kappa shape index (κ2) is 4.56. The number of halogens is 1. The fourth-order valence-electron chi connectivity index (χ4n) is 5.41. The van der Waals surface area contributed by atoms with E-state index in [1.807, 2.05) is 6.07 Å². The molecule has 2 heteroatoms. The van der Waals surface area contributed by atoms with Gasteiger partial charge in [0.1, 0.15) is 5.82 Å². The molecular weight excluding hydrogens is 249 g/mol. The summed E-state index contributed by atoms with van der Waals surface area (Å²) in [4.78, 5) is 0. The Balaban J connectivity index is 1.64. The number of nitrogens with one attached hydrogen (secondary N) is 1. The van der Waals surface area contributed by atoms with Crippen molar-refractivity contribution < 1.29 is 4.39 Å². The molecule has 3 aliphatic rings. The summed E-state index contributed by atoms with van der Waals surface area (Å²) in [5.41, 5.74) is 2.07. The standard InChI is InChI=1S/C18H24FN/c1-3-20-18(13-8-10(2)4-7-14(13)19)17-15-11-5-6-12(9-11)16(15)17/h4,7-8,11-12,15-18,20H,3,5-6,9H2,1-2H3. The van der Waals surface area contributed by atoms with Gasteiger partial charge in [-0.3, -0.25) is 0 Å². The van der Waals surface area contributed by atoms with E-state index in [2.05, 4.69) is 25.2 Å². The van der Waals surface area contributed by atoms with Crippen molar-refractivity contribution in [1.82, 2.24) is 5.32 Å². The molecule has 5 unspecified atom stereocenters. The van der Waals surface area contributed by atoms with E-state index in [1.54, 1.807) is 6.07 Å². The first kappa shape index (κ1) is 12.8. The SMILES string of the molecule is CCNC(c1cc(C)ccc1F)C1C2C3CCC(C3)C21. The highest BCUT2D eigenvalue weighted by molar-refractivity contribution is 5.31. The summed E-state index contributed by atoms with van der Waals surface area (Å²) in [5, 5.41) is 3.59. The molecule has 1 aromatic carbocycles. The molecule has 3 saturated carbocycles. The molecule has 1 N–H and O–H groups in total. The van der Waals surface area contributed by atoms with E-state index >= 15 is 0 Å². The van der Waals surface area contributed by atoms with Crippen LogP contribution in [-0.2, 0) is 0 Å². The minimum atomic E-state index is -0.0288. The highest BCUT2D eigenvalue weighted by Crippen LogP contribution is 2.72. The van der Waals surface area contributed by atoms with Gasteiger partial charge in [0.25, 0.3) is 0 Å². The molecule has 20 heavy (non-hydrogen) atoms. The molecule has 4 rings (SSSR count). The summed E-state index contributed by atoms with van der Waals surface area (Å²) in [5.74, 6) is 4.33. The Kier molecular flexibility index (Phi) is 2.92. The molecule has 0 aromatic heterocycles. The van der Waals surface area contributed by atoms with Crippen LogP contribution < -0.4 is 5.32 Å². The summed E-state index contributed by atoms with van der Waals surface area (Å²) in [6.45, 7) is 5.11. The van der Waals surface area contributed by atoms with E-state index in [0.29, 0.717) is 5.92 Å². The maximum absolute atomic E-state index is 14.3. The first-order valence-electron chi connectivity index (χ1n) is 8.20. The zero-order valence-electron chi connectivity index (χ0n) is 12.4. The molecule has 1 nitrogen and oxygen atoms in total. The van der Waals surface area contributed by atoms with Gasteiger partial charge in [-0.2, -0.15) is 0 Å². The molecule has 0 amide bonds. The van der Waals surface area contributed by atoms with Gasteiger partial charge in [0.05, 0.1) is 0 Å². The van der Waals surface area contributed by atoms with Crippen LogP contribution in [0.4, 0.5) is 4.39 Å². The third-order valence-electron chi connectivity index (χ3n) is 6.09. The molecule has 1 aromatic rings. The lowest BCUT2D eigenvalue weighted by Crippen LogP contribution is -2.26. The van der Waals surface area contributed by atoms with Crippen LogP contribution in [0.1, 0.15) is 43.4 Å². The third kappa shape index (κ3) is 1.77. The smallest absolute Gasteiger partial charge is 0.128 e. The molecule has 0 aliphatic heterocycles. The summed E-state index contributed by atoms with van der Waals surface area (Å²) in [6, 6.07) is 5.80. The topological polar surface area (TPSA) is 12.0 Å². The van der Waals surface area contributed by atoms with Crippen LogP contribution in [0.3, 0.4) is 0 Å². The Morgan fingerprint density at radius 3 is 2.60 bits per heavy atom. The highest BCUT2D eigenvalue weighted by Gasteiger charge is 2.66. The van der Waals surface area contributed by atoms with Crippen LogP contribution in [0, 0.1) is 42.3 Å². The number of fused-ring (bicyclic) bond motifs is 5. The summed E-state index contributed by atoms with van der Waals surface area (Å²) < 4.78 is 14.3. The molecule has 0 saturated heterocycles. The zero-order chi connectivity index (χ0) is 13.9. The van der Waals surface area contributed by atoms with Crippen molar-refractivity contribution in [2.45, 2.75) is 39.2 Å². The van der Waals surface area contributed by atoms with Gasteiger partial charge in [0.2, 0.25) is 0 Å². The van der Waals surface area contributed by atoms with E-state index < -0.39 is 0 Å². The number of benzene rings is 1. The van der Waals surface area contributed by atoms with Crippen molar-refractivity contribution >= 4 is 0 Å². The maximum Gasteiger partial charge on any atom is 0.128 e. The molecule has 2 bridgehead atoms. The van der Waals surface area contributed by atoms with E-state index in [0.717, 1.165) is 41.3 Å². The number of aryl methyl sites for hydroxylation is 1. The predicted molar refractivity (Wildman–Crippen MR) is 78.9 cm³/mol. The Hall–Kier alpha value is -0.890. The minimum Gasteiger partial charge on any atom is -0.310 e. The summed E-state index contributed by atoms with van der Waals surface area (Å²) >= 11 is 0. The average Bonchev–Trinajstić information content (AvgIpc) is 2.86. The van der Waals surface area contributed by atoms with Crippen molar-refractivity contribution in [2.75, 3.05) is 6.54 Å². The van der Waals surface area contributed by atoms with Crippen LogP contribution in [0.5, 0.6) is 0 Å². The quantitative estimate of drug-likeness (QED) is 0.871. The van der Waals surface area contributed by atoms with Crippen molar-refractivity contribution in [3.05, 3.63) is 35.1 Å². The fraction of sp³-hybridized carbons (Fsp3) is 0.667. The van der Waals surface area contributed by atoms with Gasteiger partial charge in [-0.05, 0) is 68.4 Å². The summed E-state index contributed by atoms with van der Waals surface area (Å²) in [7, 11) is 0. The molecular formula is C18H24FN. The monoisotopic (exact) mass is 273 g/mol. The van der Waals surface area contributed by atoms with E-state index in [4.69, 9.17) is 0 Å². The van der Waals surface area contributed by atoms with Crippen LogP contribution >= 0.6 is 0 Å². The predicted octanol–water partition coefficient (Wildman–Crippen LogP) is 4.08. The number of hydrogen-bond acceptors (Lipinski definition) is 1. The minimum absolute atomic E-state index is 0.0288. The lowest BCUT2D eigenvalue weighted by molar-refractivity contribution is 0.366. The van der Waals surface area contributed by atoms with E-state index in [1.165, 1.54) is 19.3 Å². The van der Waals surface area contributed by atoms with Gasteiger partial charge in [-0.15, -0.1) is 0 Å². The molecule has 0 spiro atoms. The molecule has 3 aliphatic carbocycles. The van der Waals surface area contributed by atoms with Gasteiger partial charge >= 0.3 is 0 Å². The Morgan fingerprint density at radius 1 is 1.25 bits per heavy atom. The molecule has 0 radical (unpaired) electrons. The first-order chi connectivity index (χ1) is 9.70. The van der Waals surface area contributed by atoms with Crippen LogP contribution in [0.2, 0.25) is 0 Å². The van der Waals surface area contributed by atoms with Gasteiger partial charge < -0.3 is 5.32 Å². The lowest BCUT2D eigenvalue weighted by Gasteiger charge is -2.23. The normalized spacial score (nSPS) is 38.9. The number of rotatable bonds is 4. The van der Waals surface area contributed by atoms with Crippen LogP contribution in [0.15, 0.2) is 18.2 Å². The molecule has 3 fully saturated rings. The average molecular weight is 273 g/mol. The third-order valence-corrected chi connectivity index (χ3v) is 6.09. The second-order valence-corrected chi connectivity index (χ2v) is 7.13. The van der Waals surface area contributed by atoms with E-state index in [9.17, 15) is 4.39 Å². The molecule has 5 atom stereocenters. The lowest BCUT2D eigenvalue weighted by atomic mass is 9.92. The van der Waals surface area contributed by atoms with Gasteiger partial charge in [-0.1, -0.05) is 24.6 Å². The fourth-order valence-corrected chi connectivity index (χ4v) is 5.41.